The quantitative estimate of drug-likeness (QED) is 0.883. The number of carbonyl (C=O) groups excluding carboxylic acids is 1. The minimum absolute atomic E-state index is 0.0544. The zero-order valence-electron chi connectivity index (χ0n) is 11.4. The average Bonchev–Trinajstić information content (AvgIpc) is 2.42. The van der Waals surface area contributed by atoms with E-state index >= 15 is 0 Å². The highest BCUT2D eigenvalue weighted by Crippen LogP contribution is 2.23. The van der Waals surface area contributed by atoms with Gasteiger partial charge in [0, 0.05) is 18.5 Å². The molecule has 3 nitrogen and oxygen atoms in total. The van der Waals surface area contributed by atoms with Crippen LogP contribution in [-0.2, 0) is 11.2 Å². The van der Waals surface area contributed by atoms with Gasteiger partial charge in [0.15, 0.2) is 0 Å². The lowest BCUT2D eigenvalue weighted by molar-refractivity contribution is -0.126. The first kappa shape index (κ1) is 15.4. The summed E-state index contributed by atoms with van der Waals surface area (Å²) in [4.78, 5) is 12.0. The zero-order valence-corrected chi connectivity index (χ0v) is 13.0. The standard InChI is InChI=1S/C15H20BrFN2O/c16-13-8-10(4-5-14(13)17)6-7-19-15(20)11-2-1-3-12(18)9-11/h4-5,8,11-12H,1-3,6-7,9,18H2,(H,19,20). The van der Waals surface area contributed by atoms with Gasteiger partial charge in [-0.3, -0.25) is 4.79 Å². The van der Waals surface area contributed by atoms with E-state index in [9.17, 15) is 9.18 Å². The molecular formula is C15H20BrFN2O. The van der Waals surface area contributed by atoms with Gasteiger partial charge < -0.3 is 11.1 Å². The molecule has 5 heteroatoms. The van der Waals surface area contributed by atoms with E-state index in [1.807, 2.05) is 0 Å². The fraction of sp³-hybridized carbons (Fsp3) is 0.533. The Hall–Kier alpha value is -0.940. The van der Waals surface area contributed by atoms with Gasteiger partial charge in [0.25, 0.3) is 0 Å². The Balaban J connectivity index is 1.77. The van der Waals surface area contributed by atoms with Crippen molar-refractivity contribution in [3.8, 4) is 0 Å². The molecule has 0 bridgehead atoms. The third-order valence-electron chi connectivity index (χ3n) is 3.78. The maximum atomic E-state index is 13.1. The first-order valence-corrected chi connectivity index (χ1v) is 7.83. The Morgan fingerprint density at radius 1 is 1.45 bits per heavy atom. The predicted octanol–water partition coefficient (Wildman–Crippen LogP) is 2.76. The van der Waals surface area contributed by atoms with E-state index in [1.165, 1.54) is 6.07 Å². The Morgan fingerprint density at radius 3 is 2.95 bits per heavy atom. The third-order valence-corrected chi connectivity index (χ3v) is 4.39. The highest BCUT2D eigenvalue weighted by atomic mass is 79.9. The molecule has 1 saturated carbocycles. The maximum absolute atomic E-state index is 13.1. The van der Waals surface area contributed by atoms with Crippen LogP contribution in [0.5, 0.6) is 0 Å². The Kier molecular flexibility index (Phi) is 5.54. The molecular weight excluding hydrogens is 323 g/mol. The van der Waals surface area contributed by atoms with Crippen molar-refractivity contribution in [3.63, 3.8) is 0 Å². The van der Waals surface area contributed by atoms with Crippen molar-refractivity contribution < 1.29 is 9.18 Å². The summed E-state index contributed by atoms with van der Waals surface area (Å²) < 4.78 is 13.6. The van der Waals surface area contributed by atoms with Gasteiger partial charge in [0.05, 0.1) is 4.47 Å². The molecule has 2 atom stereocenters. The number of nitrogens with two attached hydrogens (primary N) is 1. The van der Waals surface area contributed by atoms with Crippen molar-refractivity contribution in [2.45, 2.75) is 38.1 Å². The van der Waals surface area contributed by atoms with Crippen LogP contribution >= 0.6 is 15.9 Å². The molecule has 1 amide bonds. The van der Waals surface area contributed by atoms with Crippen LogP contribution in [-0.4, -0.2) is 18.5 Å². The van der Waals surface area contributed by atoms with E-state index in [4.69, 9.17) is 5.73 Å². The van der Waals surface area contributed by atoms with Crippen molar-refractivity contribution in [2.75, 3.05) is 6.54 Å². The smallest absolute Gasteiger partial charge is 0.223 e. The summed E-state index contributed by atoms with van der Waals surface area (Å²) in [6.45, 7) is 0.572. The molecule has 0 aliphatic heterocycles. The van der Waals surface area contributed by atoms with E-state index in [0.717, 1.165) is 31.2 Å². The molecule has 3 N–H and O–H groups in total. The van der Waals surface area contributed by atoms with Crippen LogP contribution in [0.2, 0.25) is 0 Å². The second-order valence-corrected chi connectivity index (χ2v) is 6.27. The molecule has 0 radical (unpaired) electrons. The molecule has 2 unspecified atom stereocenters. The number of hydrogen-bond acceptors (Lipinski definition) is 2. The summed E-state index contributed by atoms with van der Waals surface area (Å²) in [5.41, 5.74) is 6.89. The zero-order chi connectivity index (χ0) is 14.5. The van der Waals surface area contributed by atoms with Crippen LogP contribution in [0.4, 0.5) is 4.39 Å². The summed E-state index contributed by atoms with van der Waals surface area (Å²) in [5.74, 6) is -0.117. The molecule has 110 valence electrons. The molecule has 1 aliphatic carbocycles. The molecule has 20 heavy (non-hydrogen) atoms. The van der Waals surface area contributed by atoms with Crippen molar-refractivity contribution in [1.82, 2.24) is 5.32 Å². The fourth-order valence-electron chi connectivity index (χ4n) is 2.64. The SMILES string of the molecule is NC1CCCC(C(=O)NCCc2ccc(F)c(Br)c2)C1. The van der Waals surface area contributed by atoms with Gasteiger partial charge in [-0.1, -0.05) is 12.5 Å². The number of hydrogen-bond donors (Lipinski definition) is 2. The van der Waals surface area contributed by atoms with Gasteiger partial charge in [-0.2, -0.15) is 0 Å². The van der Waals surface area contributed by atoms with Crippen LogP contribution in [0, 0.1) is 11.7 Å². The second kappa shape index (κ2) is 7.18. The molecule has 0 aromatic heterocycles. The first-order valence-electron chi connectivity index (χ1n) is 7.03. The normalized spacial score (nSPS) is 22.6. The molecule has 0 heterocycles. The molecule has 0 saturated heterocycles. The van der Waals surface area contributed by atoms with Gasteiger partial charge >= 0.3 is 0 Å². The van der Waals surface area contributed by atoms with E-state index < -0.39 is 0 Å². The fourth-order valence-corrected chi connectivity index (χ4v) is 3.06. The first-order chi connectivity index (χ1) is 9.56. The average molecular weight is 343 g/mol. The van der Waals surface area contributed by atoms with Crippen molar-refractivity contribution in [3.05, 3.63) is 34.1 Å². The summed E-state index contributed by atoms with van der Waals surface area (Å²) in [7, 11) is 0. The highest BCUT2D eigenvalue weighted by Gasteiger charge is 2.24. The van der Waals surface area contributed by atoms with Gasteiger partial charge in [0.1, 0.15) is 5.82 Å². The van der Waals surface area contributed by atoms with Gasteiger partial charge in [-0.25, -0.2) is 4.39 Å². The lowest BCUT2D eigenvalue weighted by Gasteiger charge is -2.25. The Morgan fingerprint density at radius 2 is 2.25 bits per heavy atom. The van der Waals surface area contributed by atoms with E-state index in [2.05, 4.69) is 21.2 Å². The summed E-state index contributed by atoms with van der Waals surface area (Å²) in [6.07, 6.45) is 4.47. The number of nitrogens with one attached hydrogen (secondary N) is 1. The topological polar surface area (TPSA) is 55.1 Å². The molecule has 0 spiro atoms. The van der Waals surface area contributed by atoms with Crippen molar-refractivity contribution in [1.29, 1.82) is 0 Å². The summed E-state index contributed by atoms with van der Waals surface area (Å²) >= 11 is 3.16. The summed E-state index contributed by atoms with van der Waals surface area (Å²) in [6, 6.07) is 5.08. The lowest BCUT2D eigenvalue weighted by Crippen LogP contribution is -2.38. The van der Waals surface area contributed by atoms with Crippen LogP contribution in [0.15, 0.2) is 22.7 Å². The number of amides is 1. The largest absolute Gasteiger partial charge is 0.356 e. The Labute approximate surface area is 127 Å². The minimum Gasteiger partial charge on any atom is -0.356 e. The Bertz CT molecular complexity index is 481. The van der Waals surface area contributed by atoms with Crippen LogP contribution in [0.3, 0.4) is 0 Å². The molecule has 1 aliphatic rings. The second-order valence-electron chi connectivity index (χ2n) is 5.41. The van der Waals surface area contributed by atoms with Crippen molar-refractivity contribution in [2.24, 2.45) is 11.7 Å². The minimum atomic E-state index is -0.269. The van der Waals surface area contributed by atoms with Crippen molar-refractivity contribution >= 4 is 21.8 Å². The number of carbonyl (C=O) groups is 1. The van der Waals surface area contributed by atoms with Crippen LogP contribution in [0.1, 0.15) is 31.2 Å². The number of benzene rings is 1. The molecule has 2 rings (SSSR count). The molecule has 1 aromatic rings. The maximum Gasteiger partial charge on any atom is 0.223 e. The number of halogens is 2. The highest BCUT2D eigenvalue weighted by molar-refractivity contribution is 9.10. The van der Waals surface area contributed by atoms with Crippen LogP contribution in [0.25, 0.3) is 0 Å². The lowest BCUT2D eigenvalue weighted by atomic mass is 9.85. The molecule has 1 aromatic carbocycles. The van der Waals surface area contributed by atoms with Gasteiger partial charge in [-0.15, -0.1) is 0 Å². The van der Waals surface area contributed by atoms with Crippen LogP contribution < -0.4 is 11.1 Å². The van der Waals surface area contributed by atoms with E-state index in [1.54, 1.807) is 12.1 Å². The number of rotatable bonds is 4. The monoisotopic (exact) mass is 342 g/mol. The van der Waals surface area contributed by atoms with Gasteiger partial charge in [0.2, 0.25) is 5.91 Å². The summed E-state index contributed by atoms with van der Waals surface area (Å²) in [5, 5.41) is 2.95. The predicted molar refractivity (Wildman–Crippen MR) is 80.7 cm³/mol. The molecule has 1 fully saturated rings. The van der Waals surface area contributed by atoms with Gasteiger partial charge in [-0.05, 0) is 59.3 Å². The van der Waals surface area contributed by atoms with E-state index in [-0.39, 0.29) is 23.7 Å². The van der Waals surface area contributed by atoms with E-state index in [0.29, 0.717) is 17.4 Å². The third kappa shape index (κ3) is 4.28.